The summed E-state index contributed by atoms with van der Waals surface area (Å²) in [5, 5.41) is 1.16. The van der Waals surface area contributed by atoms with Gasteiger partial charge in [-0.05, 0) is 26.0 Å². The lowest BCUT2D eigenvalue weighted by atomic mass is 10.1. The molecule has 1 aromatic carbocycles. The lowest BCUT2D eigenvalue weighted by molar-refractivity contribution is 0.605. The zero-order valence-electron chi connectivity index (χ0n) is 8.25. The second-order valence-electron chi connectivity index (χ2n) is 4.03. The maximum Gasteiger partial charge on any atom is 0.0985 e. The minimum Gasteiger partial charge on any atom is -0.271 e. The molecular formula is C11H12BrNS. The van der Waals surface area contributed by atoms with Crippen molar-refractivity contribution in [1.29, 1.82) is 0 Å². The van der Waals surface area contributed by atoms with Crippen molar-refractivity contribution in [2.75, 3.05) is 5.75 Å². The third-order valence-corrected chi connectivity index (χ3v) is 3.98. The van der Waals surface area contributed by atoms with Crippen molar-refractivity contribution >= 4 is 32.7 Å². The number of halogens is 1. The zero-order chi connectivity index (χ0) is 10.2. The molecule has 74 valence electrons. The van der Waals surface area contributed by atoms with Gasteiger partial charge in [-0.3, -0.25) is 4.99 Å². The summed E-state index contributed by atoms with van der Waals surface area (Å²) in [5.74, 6) is 1.08. The van der Waals surface area contributed by atoms with Gasteiger partial charge in [0.25, 0.3) is 0 Å². The number of hydrogen-bond acceptors (Lipinski definition) is 2. The third kappa shape index (κ3) is 2.20. The number of aliphatic imine (C=N–C) groups is 1. The van der Waals surface area contributed by atoms with Crippen LogP contribution in [0.25, 0.3) is 0 Å². The molecule has 0 aliphatic carbocycles. The Morgan fingerprint density at radius 1 is 1.43 bits per heavy atom. The molecule has 0 N–H and O–H groups in total. The van der Waals surface area contributed by atoms with Gasteiger partial charge in [-0.2, -0.15) is 0 Å². The molecule has 14 heavy (non-hydrogen) atoms. The van der Waals surface area contributed by atoms with Crippen molar-refractivity contribution in [3.63, 3.8) is 0 Å². The van der Waals surface area contributed by atoms with E-state index in [2.05, 4.69) is 41.9 Å². The molecule has 1 heterocycles. The van der Waals surface area contributed by atoms with Gasteiger partial charge in [0.2, 0.25) is 0 Å². The Bertz CT molecular complexity index is 385. The summed E-state index contributed by atoms with van der Waals surface area (Å²) < 4.78 is 1.11. The Kier molecular flexibility index (Phi) is 2.71. The number of benzene rings is 1. The number of thioether (sulfide) groups is 1. The Labute approximate surface area is 97.1 Å². The predicted octanol–water partition coefficient (Wildman–Crippen LogP) is 3.72. The lowest BCUT2D eigenvalue weighted by Crippen LogP contribution is -2.15. The highest BCUT2D eigenvalue weighted by Gasteiger charge is 2.25. The van der Waals surface area contributed by atoms with Crippen LogP contribution in [0, 0.1) is 0 Å². The van der Waals surface area contributed by atoms with Gasteiger partial charge >= 0.3 is 0 Å². The van der Waals surface area contributed by atoms with E-state index in [1.54, 1.807) is 0 Å². The van der Waals surface area contributed by atoms with Gasteiger partial charge in [-0.1, -0.05) is 28.1 Å². The first kappa shape index (κ1) is 10.2. The molecule has 0 fully saturated rings. The first-order valence-corrected chi connectivity index (χ1v) is 6.33. The van der Waals surface area contributed by atoms with Crippen LogP contribution in [0.2, 0.25) is 0 Å². The monoisotopic (exact) mass is 269 g/mol. The summed E-state index contributed by atoms with van der Waals surface area (Å²) in [4.78, 5) is 4.69. The number of nitrogens with zero attached hydrogens (tertiary/aromatic N) is 1. The molecule has 0 atom stereocenters. The van der Waals surface area contributed by atoms with Crippen LogP contribution in [0.1, 0.15) is 19.4 Å². The van der Waals surface area contributed by atoms with Gasteiger partial charge in [0, 0.05) is 15.8 Å². The Morgan fingerprint density at radius 2 is 2.21 bits per heavy atom. The molecule has 2 rings (SSSR count). The van der Waals surface area contributed by atoms with Crippen LogP contribution in [-0.2, 0) is 0 Å². The summed E-state index contributed by atoms with van der Waals surface area (Å²) in [6.45, 7) is 4.34. The fourth-order valence-corrected chi connectivity index (χ4v) is 2.91. The van der Waals surface area contributed by atoms with E-state index in [4.69, 9.17) is 4.99 Å². The highest BCUT2D eigenvalue weighted by Crippen LogP contribution is 2.30. The molecule has 1 nitrogen and oxygen atoms in total. The van der Waals surface area contributed by atoms with Crippen LogP contribution in [-0.4, -0.2) is 16.3 Å². The van der Waals surface area contributed by atoms with E-state index >= 15 is 0 Å². The SMILES string of the molecule is CC1(C)CSC(c2cccc(Br)c2)=N1. The van der Waals surface area contributed by atoms with Gasteiger partial charge < -0.3 is 0 Å². The minimum absolute atomic E-state index is 0.0995. The molecule has 0 aromatic heterocycles. The van der Waals surface area contributed by atoms with Crippen molar-refractivity contribution in [3.05, 3.63) is 34.3 Å². The van der Waals surface area contributed by atoms with E-state index in [9.17, 15) is 0 Å². The van der Waals surface area contributed by atoms with Crippen molar-refractivity contribution in [2.24, 2.45) is 4.99 Å². The largest absolute Gasteiger partial charge is 0.271 e. The molecule has 0 bridgehead atoms. The van der Waals surface area contributed by atoms with Crippen LogP contribution in [0.5, 0.6) is 0 Å². The first-order valence-electron chi connectivity index (χ1n) is 4.55. The molecule has 1 aliphatic rings. The summed E-state index contributed by atoms with van der Waals surface area (Å²) in [6, 6.07) is 8.31. The molecule has 0 saturated carbocycles. The van der Waals surface area contributed by atoms with Gasteiger partial charge in [0.15, 0.2) is 0 Å². The van der Waals surface area contributed by atoms with Gasteiger partial charge in [-0.15, -0.1) is 11.8 Å². The summed E-state index contributed by atoms with van der Waals surface area (Å²) in [7, 11) is 0. The summed E-state index contributed by atoms with van der Waals surface area (Å²) in [5.41, 5.74) is 1.32. The normalized spacial score (nSPS) is 19.5. The van der Waals surface area contributed by atoms with Crippen molar-refractivity contribution in [1.82, 2.24) is 0 Å². The van der Waals surface area contributed by atoms with Crippen LogP contribution in [0.3, 0.4) is 0 Å². The van der Waals surface area contributed by atoms with Crippen molar-refractivity contribution < 1.29 is 0 Å². The van der Waals surface area contributed by atoms with Gasteiger partial charge in [0.1, 0.15) is 0 Å². The Balaban J connectivity index is 2.33. The van der Waals surface area contributed by atoms with Crippen LogP contribution >= 0.6 is 27.7 Å². The van der Waals surface area contributed by atoms with Crippen molar-refractivity contribution in [2.45, 2.75) is 19.4 Å². The topological polar surface area (TPSA) is 12.4 Å². The second-order valence-corrected chi connectivity index (χ2v) is 5.91. The van der Waals surface area contributed by atoms with E-state index in [0.717, 1.165) is 15.3 Å². The van der Waals surface area contributed by atoms with E-state index < -0.39 is 0 Å². The number of hydrogen-bond donors (Lipinski definition) is 0. The standard InChI is InChI=1S/C11H12BrNS/c1-11(2)7-14-10(13-11)8-4-3-5-9(12)6-8/h3-6H,7H2,1-2H3. The van der Waals surface area contributed by atoms with Crippen LogP contribution in [0.4, 0.5) is 0 Å². The summed E-state index contributed by atoms with van der Waals surface area (Å²) in [6.07, 6.45) is 0. The van der Waals surface area contributed by atoms with E-state index in [0.29, 0.717) is 0 Å². The molecule has 1 aromatic rings. The molecule has 0 amide bonds. The quantitative estimate of drug-likeness (QED) is 0.757. The van der Waals surface area contributed by atoms with Crippen LogP contribution in [0.15, 0.2) is 33.7 Å². The maximum atomic E-state index is 4.69. The Hall–Kier alpha value is -0.280. The van der Waals surface area contributed by atoms with E-state index in [-0.39, 0.29) is 5.54 Å². The molecular weight excluding hydrogens is 258 g/mol. The molecule has 0 saturated heterocycles. The average Bonchev–Trinajstić information content (AvgIpc) is 2.46. The third-order valence-electron chi connectivity index (χ3n) is 2.04. The van der Waals surface area contributed by atoms with Crippen molar-refractivity contribution in [3.8, 4) is 0 Å². The fourth-order valence-electron chi connectivity index (χ4n) is 1.35. The molecule has 0 unspecified atom stereocenters. The minimum atomic E-state index is 0.0995. The van der Waals surface area contributed by atoms with Crippen LogP contribution < -0.4 is 0 Å². The highest BCUT2D eigenvalue weighted by atomic mass is 79.9. The van der Waals surface area contributed by atoms with E-state index in [1.165, 1.54) is 5.56 Å². The highest BCUT2D eigenvalue weighted by molar-refractivity contribution is 9.10. The predicted molar refractivity (Wildman–Crippen MR) is 67.2 cm³/mol. The fraction of sp³-hybridized carbons (Fsp3) is 0.364. The summed E-state index contributed by atoms with van der Waals surface area (Å²) >= 11 is 5.31. The molecule has 3 heteroatoms. The van der Waals surface area contributed by atoms with E-state index in [1.807, 2.05) is 23.9 Å². The maximum absolute atomic E-state index is 4.69. The number of rotatable bonds is 1. The molecule has 0 radical (unpaired) electrons. The second kappa shape index (κ2) is 3.70. The molecule has 0 spiro atoms. The smallest absolute Gasteiger partial charge is 0.0985 e. The first-order chi connectivity index (χ1) is 6.57. The van der Waals surface area contributed by atoms with Gasteiger partial charge in [-0.25, -0.2) is 0 Å². The zero-order valence-corrected chi connectivity index (χ0v) is 10.7. The Morgan fingerprint density at radius 3 is 2.79 bits per heavy atom. The lowest BCUT2D eigenvalue weighted by Gasteiger charge is -2.09. The average molecular weight is 270 g/mol. The van der Waals surface area contributed by atoms with Gasteiger partial charge in [0.05, 0.1) is 10.6 Å². The molecule has 1 aliphatic heterocycles.